The minimum atomic E-state index is 0.0653. The molecule has 0 amide bonds. The number of rotatable bonds is 7. The van der Waals surface area contributed by atoms with Gasteiger partial charge in [-0.2, -0.15) is 0 Å². The van der Waals surface area contributed by atoms with Crippen LogP contribution in [0.2, 0.25) is 0 Å². The number of aliphatic hydroxyl groups is 1. The normalized spacial score (nSPS) is 11.1. The van der Waals surface area contributed by atoms with Gasteiger partial charge in [-0.05, 0) is 30.0 Å². The quantitative estimate of drug-likeness (QED) is 0.829. The predicted octanol–water partition coefficient (Wildman–Crippen LogP) is 4.29. The summed E-state index contributed by atoms with van der Waals surface area (Å²) in [5.41, 5.74) is 2.29. The molecule has 21 heavy (non-hydrogen) atoms. The molecule has 0 saturated heterocycles. The lowest BCUT2D eigenvalue weighted by atomic mass is 10.0. The van der Waals surface area contributed by atoms with E-state index < -0.39 is 0 Å². The molecular formula is C17H23NO2S. The first kappa shape index (κ1) is 16.0. The Morgan fingerprint density at radius 3 is 2.81 bits per heavy atom. The molecule has 114 valence electrons. The summed E-state index contributed by atoms with van der Waals surface area (Å²) in [5, 5.41) is 10.3. The van der Waals surface area contributed by atoms with Crippen molar-refractivity contribution in [1.29, 1.82) is 0 Å². The summed E-state index contributed by atoms with van der Waals surface area (Å²) in [7, 11) is 0. The molecule has 1 aromatic carbocycles. The lowest BCUT2D eigenvalue weighted by Crippen LogP contribution is -1.97. The molecule has 1 aromatic heterocycles. The Morgan fingerprint density at radius 1 is 1.33 bits per heavy atom. The predicted molar refractivity (Wildman–Crippen MR) is 86.9 cm³/mol. The van der Waals surface area contributed by atoms with Crippen LogP contribution >= 0.6 is 11.3 Å². The minimum absolute atomic E-state index is 0.0653. The summed E-state index contributed by atoms with van der Waals surface area (Å²) in [5.74, 6) is 1.37. The summed E-state index contributed by atoms with van der Waals surface area (Å²) in [4.78, 5) is 5.54. The van der Waals surface area contributed by atoms with Crippen molar-refractivity contribution in [2.24, 2.45) is 0 Å². The maximum absolute atomic E-state index is 9.37. The molecule has 3 nitrogen and oxygen atoms in total. The minimum Gasteiger partial charge on any atom is -0.486 e. The number of hydrogen-bond donors (Lipinski definition) is 1. The number of hydrogen-bond acceptors (Lipinski definition) is 4. The lowest BCUT2D eigenvalue weighted by Gasteiger charge is -2.08. The zero-order valence-electron chi connectivity index (χ0n) is 12.9. The van der Waals surface area contributed by atoms with E-state index in [0.29, 0.717) is 12.5 Å². The van der Waals surface area contributed by atoms with Gasteiger partial charge in [-0.3, -0.25) is 0 Å². The Hall–Kier alpha value is -1.39. The SMILES string of the molecule is CCCc1nc(COc2cccc(C(C)C)c2)sc1CO. The van der Waals surface area contributed by atoms with Crippen LogP contribution < -0.4 is 4.74 Å². The summed E-state index contributed by atoms with van der Waals surface area (Å²) in [6, 6.07) is 8.19. The Labute approximate surface area is 130 Å². The topological polar surface area (TPSA) is 42.4 Å². The van der Waals surface area contributed by atoms with Crippen LogP contribution in [0.15, 0.2) is 24.3 Å². The first-order valence-electron chi connectivity index (χ1n) is 7.45. The summed E-state index contributed by atoms with van der Waals surface area (Å²) in [6.07, 6.45) is 1.95. The van der Waals surface area contributed by atoms with Crippen molar-refractivity contribution in [1.82, 2.24) is 4.98 Å². The van der Waals surface area contributed by atoms with Crippen LogP contribution in [0.25, 0.3) is 0 Å². The van der Waals surface area contributed by atoms with Crippen molar-refractivity contribution in [3.8, 4) is 5.75 Å². The van der Waals surface area contributed by atoms with Gasteiger partial charge >= 0.3 is 0 Å². The zero-order valence-corrected chi connectivity index (χ0v) is 13.7. The van der Waals surface area contributed by atoms with Gasteiger partial charge in [0.15, 0.2) is 0 Å². The van der Waals surface area contributed by atoms with E-state index in [-0.39, 0.29) is 6.61 Å². The molecule has 2 rings (SSSR count). The van der Waals surface area contributed by atoms with Crippen LogP contribution in [0.3, 0.4) is 0 Å². The third-order valence-corrected chi connectivity index (χ3v) is 4.40. The summed E-state index contributed by atoms with van der Waals surface area (Å²) in [6.45, 7) is 6.99. The standard InChI is InChI=1S/C17H23NO2S/c1-4-6-15-16(10-19)21-17(18-15)11-20-14-8-5-7-13(9-14)12(2)3/h5,7-9,12,19H,4,6,10-11H2,1-3H3. The first-order chi connectivity index (χ1) is 10.1. The monoisotopic (exact) mass is 305 g/mol. The van der Waals surface area contributed by atoms with Gasteiger partial charge in [0.05, 0.1) is 17.2 Å². The van der Waals surface area contributed by atoms with Gasteiger partial charge in [0.2, 0.25) is 0 Å². The van der Waals surface area contributed by atoms with Gasteiger partial charge in [0, 0.05) is 0 Å². The molecule has 0 bridgehead atoms. The van der Waals surface area contributed by atoms with E-state index >= 15 is 0 Å². The van der Waals surface area contributed by atoms with Crippen molar-refractivity contribution >= 4 is 11.3 Å². The number of aliphatic hydroxyl groups excluding tert-OH is 1. The van der Waals surface area contributed by atoms with E-state index in [0.717, 1.165) is 34.2 Å². The van der Waals surface area contributed by atoms with Crippen molar-refractivity contribution < 1.29 is 9.84 Å². The molecule has 4 heteroatoms. The van der Waals surface area contributed by atoms with Crippen LogP contribution in [0, 0.1) is 0 Å². The highest BCUT2D eigenvalue weighted by atomic mass is 32.1. The maximum atomic E-state index is 9.37. The fraction of sp³-hybridized carbons (Fsp3) is 0.471. The van der Waals surface area contributed by atoms with Crippen molar-refractivity contribution in [2.45, 2.75) is 52.7 Å². The van der Waals surface area contributed by atoms with Gasteiger partial charge in [-0.15, -0.1) is 11.3 Å². The van der Waals surface area contributed by atoms with Crippen molar-refractivity contribution in [2.75, 3.05) is 0 Å². The summed E-state index contributed by atoms with van der Waals surface area (Å²) < 4.78 is 5.84. The molecule has 0 unspecified atom stereocenters. The lowest BCUT2D eigenvalue weighted by molar-refractivity contribution is 0.284. The summed E-state index contributed by atoms with van der Waals surface area (Å²) >= 11 is 1.54. The van der Waals surface area contributed by atoms with Crippen molar-refractivity contribution in [3.63, 3.8) is 0 Å². The number of nitrogens with zero attached hydrogens (tertiary/aromatic N) is 1. The second-order valence-corrected chi connectivity index (χ2v) is 6.57. The van der Waals surface area contributed by atoms with E-state index in [2.05, 4.69) is 37.9 Å². The van der Waals surface area contributed by atoms with E-state index in [1.54, 1.807) is 11.3 Å². The molecule has 2 aromatic rings. The Kier molecular flexibility index (Phi) is 5.76. The van der Waals surface area contributed by atoms with Crippen LogP contribution in [0.4, 0.5) is 0 Å². The smallest absolute Gasteiger partial charge is 0.140 e. The highest BCUT2D eigenvalue weighted by Crippen LogP contribution is 2.24. The van der Waals surface area contributed by atoms with Crippen LogP contribution in [0.5, 0.6) is 5.75 Å². The van der Waals surface area contributed by atoms with E-state index in [9.17, 15) is 5.11 Å². The Morgan fingerprint density at radius 2 is 2.14 bits per heavy atom. The largest absolute Gasteiger partial charge is 0.486 e. The molecule has 0 radical (unpaired) electrons. The Balaban J connectivity index is 2.04. The van der Waals surface area contributed by atoms with E-state index in [1.807, 2.05) is 12.1 Å². The molecule has 0 saturated carbocycles. The van der Waals surface area contributed by atoms with Gasteiger partial charge in [-0.1, -0.05) is 39.3 Å². The third kappa shape index (κ3) is 4.29. The fourth-order valence-electron chi connectivity index (χ4n) is 2.16. The van der Waals surface area contributed by atoms with E-state index in [1.165, 1.54) is 5.56 Å². The molecule has 0 aliphatic carbocycles. The maximum Gasteiger partial charge on any atom is 0.140 e. The van der Waals surface area contributed by atoms with Crippen LogP contribution in [-0.2, 0) is 19.6 Å². The Bertz CT molecular complexity index is 578. The number of aryl methyl sites for hydroxylation is 1. The number of ether oxygens (including phenoxy) is 1. The molecule has 0 fully saturated rings. The van der Waals surface area contributed by atoms with Crippen molar-refractivity contribution in [3.05, 3.63) is 45.4 Å². The number of thiazole rings is 1. The molecule has 0 aliphatic heterocycles. The molecule has 1 heterocycles. The number of benzene rings is 1. The average molecular weight is 305 g/mol. The highest BCUT2D eigenvalue weighted by Gasteiger charge is 2.10. The molecule has 0 atom stereocenters. The van der Waals surface area contributed by atoms with Gasteiger partial charge in [0.25, 0.3) is 0 Å². The second kappa shape index (κ2) is 7.57. The first-order valence-corrected chi connectivity index (χ1v) is 8.26. The number of aromatic nitrogens is 1. The fourth-order valence-corrected chi connectivity index (χ4v) is 3.05. The van der Waals surface area contributed by atoms with Crippen LogP contribution in [0.1, 0.15) is 54.3 Å². The zero-order chi connectivity index (χ0) is 15.2. The highest BCUT2D eigenvalue weighted by molar-refractivity contribution is 7.11. The molecular weight excluding hydrogens is 282 g/mol. The molecule has 1 N–H and O–H groups in total. The average Bonchev–Trinajstić information content (AvgIpc) is 2.88. The van der Waals surface area contributed by atoms with Crippen LogP contribution in [-0.4, -0.2) is 10.1 Å². The van der Waals surface area contributed by atoms with E-state index in [4.69, 9.17) is 4.74 Å². The molecule has 0 spiro atoms. The molecule has 0 aliphatic rings. The van der Waals surface area contributed by atoms with Gasteiger partial charge < -0.3 is 9.84 Å². The third-order valence-electron chi connectivity index (χ3n) is 3.34. The second-order valence-electron chi connectivity index (χ2n) is 5.40. The van der Waals surface area contributed by atoms with Gasteiger partial charge in [-0.25, -0.2) is 4.98 Å². The van der Waals surface area contributed by atoms with Gasteiger partial charge in [0.1, 0.15) is 17.4 Å².